The second kappa shape index (κ2) is 7.60. The van der Waals surface area contributed by atoms with Crippen molar-refractivity contribution < 1.29 is 4.79 Å². The summed E-state index contributed by atoms with van der Waals surface area (Å²) >= 11 is 4.62. The molecule has 2 aromatic rings. The van der Waals surface area contributed by atoms with Crippen molar-refractivity contribution in [2.45, 2.75) is 18.6 Å². The summed E-state index contributed by atoms with van der Waals surface area (Å²) in [5.41, 5.74) is 0.537. The molecule has 0 aliphatic heterocycles. The highest BCUT2D eigenvalue weighted by molar-refractivity contribution is 9.10. The Hall–Kier alpha value is -1.60. The van der Waals surface area contributed by atoms with Crippen LogP contribution in [0.5, 0.6) is 0 Å². The number of amides is 1. The molecule has 0 saturated carbocycles. The van der Waals surface area contributed by atoms with Crippen molar-refractivity contribution in [3.8, 4) is 0 Å². The second-order valence-corrected chi connectivity index (χ2v) is 6.34. The second-order valence-electron chi connectivity index (χ2n) is 4.49. The molecule has 116 valence electrons. The van der Waals surface area contributed by atoms with Crippen LogP contribution in [0.1, 0.15) is 6.92 Å². The number of hydrogen-bond donors (Lipinski definition) is 1. The molecule has 0 radical (unpaired) electrons. The van der Waals surface area contributed by atoms with Gasteiger partial charge in [0.1, 0.15) is 0 Å². The van der Waals surface area contributed by atoms with E-state index in [9.17, 15) is 9.59 Å². The van der Waals surface area contributed by atoms with Gasteiger partial charge in [-0.1, -0.05) is 33.8 Å². The topological polar surface area (TPSA) is 64.0 Å². The molecule has 1 amide bonds. The van der Waals surface area contributed by atoms with Crippen LogP contribution in [0.3, 0.4) is 0 Å². The molecular weight excluding hydrogens is 366 g/mol. The minimum Gasteiger partial charge on any atom is -0.352 e. The Morgan fingerprint density at radius 1 is 1.55 bits per heavy atom. The summed E-state index contributed by atoms with van der Waals surface area (Å²) in [7, 11) is 0. The number of carbonyl (C=O) groups excluding carboxylic acids is 1. The number of rotatable bonds is 6. The number of thioether (sulfide) groups is 1. The first-order chi connectivity index (χ1) is 10.6. The first-order valence-corrected chi connectivity index (χ1v) is 8.55. The molecule has 0 bridgehead atoms. The van der Waals surface area contributed by atoms with Gasteiger partial charge in [0.15, 0.2) is 5.16 Å². The maximum absolute atomic E-state index is 12.5. The molecule has 0 unspecified atom stereocenters. The van der Waals surface area contributed by atoms with Gasteiger partial charge in [0, 0.05) is 17.6 Å². The van der Waals surface area contributed by atoms with E-state index < -0.39 is 0 Å². The number of fused-ring (bicyclic) bond motifs is 1. The van der Waals surface area contributed by atoms with Gasteiger partial charge in [0.2, 0.25) is 5.91 Å². The Labute approximate surface area is 140 Å². The number of hydrogen-bond acceptors (Lipinski definition) is 4. The first kappa shape index (κ1) is 16.8. The van der Waals surface area contributed by atoms with Crippen LogP contribution in [0.4, 0.5) is 0 Å². The first-order valence-electron chi connectivity index (χ1n) is 6.77. The zero-order valence-electron chi connectivity index (χ0n) is 12.1. The average Bonchev–Trinajstić information content (AvgIpc) is 2.51. The van der Waals surface area contributed by atoms with Crippen LogP contribution in [0.2, 0.25) is 0 Å². The highest BCUT2D eigenvalue weighted by atomic mass is 79.9. The number of aromatic nitrogens is 2. The molecule has 1 aromatic heterocycles. The fourth-order valence-corrected chi connectivity index (χ4v) is 3.18. The molecule has 1 N–H and O–H groups in total. The minimum atomic E-state index is -0.113. The third kappa shape index (κ3) is 3.78. The molecular formula is C15H16BrN3O2S. The fraction of sp³-hybridized carbons (Fsp3) is 0.267. The van der Waals surface area contributed by atoms with Crippen molar-refractivity contribution in [3.63, 3.8) is 0 Å². The summed E-state index contributed by atoms with van der Waals surface area (Å²) in [5, 5.41) is 3.82. The van der Waals surface area contributed by atoms with E-state index in [2.05, 4.69) is 32.8 Å². The van der Waals surface area contributed by atoms with Gasteiger partial charge in [-0.05, 0) is 25.1 Å². The third-order valence-electron chi connectivity index (χ3n) is 2.97. The van der Waals surface area contributed by atoms with Gasteiger partial charge in [0.25, 0.3) is 5.56 Å². The van der Waals surface area contributed by atoms with Gasteiger partial charge in [-0.3, -0.25) is 14.2 Å². The largest absolute Gasteiger partial charge is 0.352 e. The van der Waals surface area contributed by atoms with Crippen molar-refractivity contribution in [1.29, 1.82) is 0 Å². The van der Waals surface area contributed by atoms with Gasteiger partial charge in [0.05, 0.1) is 16.7 Å². The van der Waals surface area contributed by atoms with Crippen LogP contribution in [0, 0.1) is 0 Å². The third-order valence-corrected chi connectivity index (χ3v) is 4.44. The molecule has 7 heteroatoms. The predicted octanol–water partition coefficient (Wildman–Crippen LogP) is 2.57. The standard InChI is InChI=1S/C15H16BrN3O2S/c1-3-7-17-13(20)9-22-15-18-12-6-5-10(16)8-11(12)14(21)19(15)4-2/h3,5-6,8H,1,4,7,9H2,2H3,(H,17,20). The molecule has 2 rings (SSSR count). The Bertz CT molecular complexity index is 773. The van der Waals surface area contributed by atoms with E-state index in [4.69, 9.17) is 0 Å². The molecule has 0 spiro atoms. The van der Waals surface area contributed by atoms with E-state index in [1.165, 1.54) is 11.8 Å². The summed E-state index contributed by atoms with van der Waals surface area (Å²) in [4.78, 5) is 28.7. The van der Waals surface area contributed by atoms with Crippen LogP contribution < -0.4 is 10.9 Å². The minimum absolute atomic E-state index is 0.0946. The molecule has 22 heavy (non-hydrogen) atoms. The van der Waals surface area contributed by atoms with Crippen molar-refractivity contribution in [1.82, 2.24) is 14.9 Å². The van der Waals surface area contributed by atoms with E-state index in [0.29, 0.717) is 29.1 Å². The predicted molar refractivity (Wildman–Crippen MR) is 93.3 cm³/mol. The summed E-state index contributed by atoms with van der Waals surface area (Å²) in [6, 6.07) is 5.40. The quantitative estimate of drug-likeness (QED) is 0.474. The Morgan fingerprint density at radius 3 is 3.00 bits per heavy atom. The highest BCUT2D eigenvalue weighted by Gasteiger charge is 2.12. The molecule has 0 aliphatic rings. The maximum Gasteiger partial charge on any atom is 0.262 e. The zero-order valence-corrected chi connectivity index (χ0v) is 14.5. The normalized spacial score (nSPS) is 10.6. The van der Waals surface area contributed by atoms with Crippen LogP contribution in [-0.4, -0.2) is 27.8 Å². The summed E-state index contributed by atoms with van der Waals surface area (Å²) in [5.74, 6) is 0.0974. The maximum atomic E-state index is 12.5. The van der Waals surface area contributed by atoms with Gasteiger partial charge < -0.3 is 5.32 Å². The Balaban J connectivity index is 2.33. The lowest BCUT2D eigenvalue weighted by molar-refractivity contribution is -0.118. The van der Waals surface area contributed by atoms with E-state index in [1.54, 1.807) is 22.8 Å². The molecule has 0 atom stereocenters. The van der Waals surface area contributed by atoms with Gasteiger partial charge in [-0.2, -0.15) is 0 Å². The zero-order chi connectivity index (χ0) is 16.1. The number of nitrogens with one attached hydrogen (secondary N) is 1. The van der Waals surface area contributed by atoms with Gasteiger partial charge in [-0.25, -0.2) is 4.98 Å². The fourth-order valence-electron chi connectivity index (χ4n) is 1.93. The van der Waals surface area contributed by atoms with Crippen LogP contribution in [0.15, 0.2) is 45.3 Å². The molecule has 0 fully saturated rings. The monoisotopic (exact) mass is 381 g/mol. The Kier molecular flexibility index (Phi) is 5.79. The van der Waals surface area contributed by atoms with E-state index in [0.717, 1.165) is 4.47 Å². The van der Waals surface area contributed by atoms with Crippen LogP contribution in [-0.2, 0) is 11.3 Å². The smallest absolute Gasteiger partial charge is 0.262 e. The van der Waals surface area contributed by atoms with Crippen LogP contribution >= 0.6 is 27.7 Å². The molecule has 1 aromatic carbocycles. The van der Waals surface area contributed by atoms with E-state index in [-0.39, 0.29) is 17.2 Å². The number of benzene rings is 1. The summed E-state index contributed by atoms with van der Waals surface area (Å²) < 4.78 is 2.42. The Morgan fingerprint density at radius 2 is 2.32 bits per heavy atom. The molecule has 5 nitrogen and oxygen atoms in total. The van der Waals surface area contributed by atoms with E-state index >= 15 is 0 Å². The lowest BCUT2D eigenvalue weighted by atomic mass is 10.2. The SMILES string of the molecule is C=CCNC(=O)CSc1nc2ccc(Br)cc2c(=O)n1CC. The van der Waals surface area contributed by atoms with Crippen molar-refractivity contribution in [2.75, 3.05) is 12.3 Å². The van der Waals surface area contributed by atoms with Gasteiger partial charge in [-0.15, -0.1) is 6.58 Å². The van der Waals surface area contributed by atoms with E-state index in [1.807, 2.05) is 13.0 Å². The van der Waals surface area contributed by atoms with Crippen LogP contribution in [0.25, 0.3) is 10.9 Å². The molecule has 1 heterocycles. The van der Waals surface area contributed by atoms with Crippen molar-refractivity contribution >= 4 is 44.5 Å². The summed E-state index contributed by atoms with van der Waals surface area (Å²) in [6.07, 6.45) is 1.62. The number of halogens is 1. The highest BCUT2D eigenvalue weighted by Crippen LogP contribution is 2.20. The lowest BCUT2D eigenvalue weighted by Gasteiger charge is -2.11. The molecule has 0 saturated heterocycles. The average molecular weight is 382 g/mol. The number of carbonyl (C=O) groups is 1. The summed E-state index contributed by atoms with van der Waals surface area (Å²) in [6.45, 7) is 6.37. The van der Waals surface area contributed by atoms with Crippen molar-refractivity contribution in [3.05, 3.63) is 45.7 Å². The lowest BCUT2D eigenvalue weighted by Crippen LogP contribution is -2.26. The van der Waals surface area contributed by atoms with Crippen molar-refractivity contribution in [2.24, 2.45) is 0 Å². The van der Waals surface area contributed by atoms with Gasteiger partial charge >= 0.3 is 0 Å². The molecule has 0 aliphatic carbocycles. The number of nitrogens with zero attached hydrogens (tertiary/aromatic N) is 2.